The first-order valence-electron chi connectivity index (χ1n) is 7.01. The second-order valence-electron chi connectivity index (χ2n) is 5.36. The van der Waals surface area contributed by atoms with Crippen molar-refractivity contribution >= 4 is 0 Å². The van der Waals surface area contributed by atoms with Gasteiger partial charge in [0.05, 0.1) is 0 Å². The minimum atomic E-state index is -0.478. The molecule has 0 amide bonds. The van der Waals surface area contributed by atoms with Crippen molar-refractivity contribution in [3.8, 4) is 0 Å². The van der Waals surface area contributed by atoms with Crippen LogP contribution in [0.4, 0.5) is 8.78 Å². The van der Waals surface area contributed by atoms with E-state index in [-0.39, 0.29) is 11.6 Å². The summed E-state index contributed by atoms with van der Waals surface area (Å²) in [5, 5.41) is 3.24. The zero-order valence-corrected chi connectivity index (χ0v) is 11.6. The molecule has 2 rings (SSSR count). The average molecular weight is 268 g/mol. The predicted molar refractivity (Wildman–Crippen MR) is 73.0 cm³/mol. The molecule has 4 heteroatoms. The van der Waals surface area contributed by atoms with Crippen LogP contribution in [0.1, 0.15) is 38.3 Å². The molecule has 2 unspecified atom stereocenters. The lowest BCUT2D eigenvalue weighted by atomic mass is 10.1. The van der Waals surface area contributed by atoms with Gasteiger partial charge in [0.1, 0.15) is 11.6 Å². The molecule has 0 aromatic heterocycles. The van der Waals surface area contributed by atoms with E-state index in [2.05, 4.69) is 17.1 Å². The molecule has 1 fully saturated rings. The van der Waals surface area contributed by atoms with Crippen LogP contribution in [0.25, 0.3) is 0 Å². The van der Waals surface area contributed by atoms with Gasteiger partial charge in [0.2, 0.25) is 0 Å². The lowest BCUT2D eigenvalue weighted by Gasteiger charge is -2.26. The highest BCUT2D eigenvalue weighted by Gasteiger charge is 2.20. The van der Waals surface area contributed by atoms with Crippen molar-refractivity contribution in [1.82, 2.24) is 10.2 Å². The number of hydrogen-bond donors (Lipinski definition) is 1. The standard InChI is InChI=1S/C15H22F2N2/c1-11(19-8-3-4-9-19)10-18-12(2)15-13(16)6-5-7-14(15)17/h5-7,11-12,18H,3-4,8-10H2,1-2H3. The fourth-order valence-electron chi connectivity index (χ4n) is 2.69. The van der Waals surface area contributed by atoms with Crippen LogP contribution in [-0.4, -0.2) is 30.6 Å². The number of nitrogens with zero attached hydrogens (tertiary/aromatic N) is 1. The smallest absolute Gasteiger partial charge is 0.130 e. The van der Waals surface area contributed by atoms with E-state index >= 15 is 0 Å². The number of rotatable bonds is 5. The van der Waals surface area contributed by atoms with Crippen molar-refractivity contribution in [2.45, 2.75) is 38.8 Å². The van der Waals surface area contributed by atoms with Gasteiger partial charge in [0.15, 0.2) is 0 Å². The Hall–Kier alpha value is -1.00. The van der Waals surface area contributed by atoms with Crippen LogP contribution >= 0.6 is 0 Å². The van der Waals surface area contributed by atoms with E-state index in [4.69, 9.17) is 0 Å². The average Bonchev–Trinajstić information content (AvgIpc) is 2.89. The molecule has 0 spiro atoms. The van der Waals surface area contributed by atoms with Crippen molar-refractivity contribution in [3.63, 3.8) is 0 Å². The van der Waals surface area contributed by atoms with E-state index in [1.807, 2.05) is 0 Å². The second-order valence-corrected chi connectivity index (χ2v) is 5.36. The van der Waals surface area contributed by atoms with Crippen LogP contribution in [0.15, 0.2) is 18.2 Å². The monoisotopic (exact) mass is 268 g/mol. The van der Waals surface area contributed by atoms with Crippen LogP contribution in [0.3, 0.4) is 0 Å². The molecule has 2 nitrogen and oxygen atoms in total. The third kappa shape index (κ3) is 3.51. The number of hydrogen-bond acceptors (Lipinski definition) is 2. The normalized spacial score (nSPS) is 19.6. The quantitative estimate of drug-likeness (QED) is 0.882. The van der Waals surface area contributed by atoms with Crippen LogP contribution in [0.2, 0.25) is 0 Å². The van der Waals surface area contributed by atoms with E-state index in [0.717, 1.165) is 19.6 Å². The molecule has 0 radical (unpaired) electrons. The first-order valence-corrected chi connectivity index (χ1v) is 7.01. The van der Waals surface area contributed by atoms with Gasteiger partial charge in [-0.25, -0.2) is 8.78 Å². The molecule has 1 aliphatic heterocycles. The summed E-state index contributed by atoms with van der Waals surface area (Å²) in [7, 11) is 0. The van der Waals surface area contributed by atoms with Crippen molar-refractivity contribution in [2.75, 3.05) is 19.6 Å². The molecule has 0 saturated carbocycles. The molecular formula is C15H22F2N2. The van der Waals surface area contributed by atoms with E-state index in [1.54, 1.807) is 6.92 Å². The van der Waals surface area contributed by atoms with Gasteiger partial charge in [0, 0.05) is 24.2 Å². The Labute approximate surface area is 113 Å². The van der Waals surface area contributed by atoms with E-state index in [1.165, 1.54) is 31.0 Å². The van der Waals surface area contributed by atoms with E-state index < -0.39 is 11.6 Å². The minimum Gasteiger partial charge on any atom is -0.308 e. The predicted octanol–water partition coefficient (Wildman–Crippen LogP) is 3.10. The van der Waals surface area contributed by atoms with Gasteiger partial charge in [0.25, 0.3) is 0 Å². The minimum absolute atomic E-state index is 0.135. The molecule has 0 bridgehead atoms. The summed E-state index contributed by atoms with van der Waals surface area (Å²) >= 11 is 0. The van der Waals surface area contributed by atoms with Crippen molar-refractivity contribution in [3.05, 3.63) is 35.4 Å². The second kappa shape index (κ2) is 6.44. The molecule has 1 aromatic carbocycles. The Morgan fingerprint density at radius 3 is 2.32 bits per heavy atom. The molecule has 1 heterocycles. The Bertz CT molecular complexity index is 396. The fraction of sp³-hybridized carbons (Fsp3) is 0.600. The van der Waals surface area contributed by atoms with E-state index in [9.17, 15) is 8.78 Å². The van der Waals surface area contributed by atoms with Gasteiger partial charge in [-0.2, -0.15) is 0 Å². The lowest BCUT2D eigenvalue weighted by Crippen LogP contribution is -2.39. The molecule has 1 N–H and O–H groups in total. The highest BCUT2D eigenvalue weighted by Crippen LogP contribution is 2.20. The van der Waals surface area contributed by atoms with Crippen LogP contribution in [-0.2, 0) is 0 Å². The summed E-state index contributed by atoms with van der Waals surface area (Å²) in [6, 6.07) is 4.10. The summed E-state index contributed by atoms with van der Waals surface area (Å²) in [5.74, 6) is -0.956. The number of likely N-dealkylation sites (tertiary alicyclic amines) is 1. The van der Waals surface area contributed by atoms with Gasteiger partial charge in [-0.15, -0.1) is 0 Å². The van der Waals surface area contributed by atoms with Crippen molar-refractivity contribution in [1.29, 1.82) is 0 Å². The van der Waals surface area contributed by atoms with Crippen LogP contribution < -0.4 is 5.32 Å². The zero-order valence-electron chi connectivity index (χ0n) is 11.6. The van der Waals surface area contributed by atoms with Gasteiger partial charge in [-0.1, -0.05) is 6.07 Å². The highest BCUT2D eigenvalue weighted by atomic mass is 19.1. The summed E-state index contributed by atoms with van der Waals surface area (Å²) in [6.07, 6.45) is 2.50. The summed E-state index contributed by atoms with van der Waals surface area (Å²) in [6.45, 7) is 6.96. The SMILES string of the molecule is CC(NCC(C)N1CCCC1)c1c(F)cccc1F. The van der Waals surface area contributed by atoms with Crippen molar-refractivity contribution in [2.24, 2.45) is 0 Å². The maximum atomic E-state index is 13.6. The summed E-state index contributed by atoms with van der Waals surface area (Å²) < 4.78 is 27.3. The Morgan fingerprint density at radius 1 is 1.16 bits per heavy atom. The number of nitrogens with one attached hydrogen (secondary N) is 1. The van der Waals surface area contributed by atoms with Gasteiger partial charge < -0.3 is 5.32 Å². The van der Waals surface area contributed by atoms with E-state index in [0.29, 0.717) is 6.04 Å². The molecule has 2 atom stereocenters. The maximum absolute atomic E-state index is 13.6. The molecule has 106 valence electrons. The fourth-order valence-corrected chi connectivity index (χ4v) is 2.69. The molecule has 1 aromatic rings. The topological polar surface area (TPSA) is 15.3 Å². The summed E-state index contributed by atoms with van der Waals surface area (Å²) in [5.41, 5.74) is 0.135. The molecular weight excluding hydrogens is 246 g/mol. The lowest BCUT2D eigenvalue weighted by molar-refractivity contribution is 0.246. The Balaban J connectivity index is 1.91. The number of halogens is 2. The van der Waals surface area contributed by atoms with Gasteiger partial charge in [-0.3, -0.25) is 4.90 Å². The first-order chi connectivity index (χ1) is 9.09. The molecule has 19 heavy (non-hydrogen) atoms. The first kappa shape index (κ1) is 14.4. The van der Waals surface area contributed by atoms with Crippen molar-refractivity contribution < 1.29 is 8.78 Å². The molecule has 0 aliphatic carbocycles. The largest absolute Gasteiger partial charge is 0.308 e. The third-order valence-corrected chi connectivity index (χ3v) is 3.92. The summed E-state index contributed by atoms with van der Waals surface area (Å²) in [4.78, 5) is 2.41. The molecule has 1 saturated heterocycles. The van der Waals surface area contributed by atoms with Crippen LogP contribution in [0, 0.1) is 11.6 Å². The van der Waals surface area contributed by atoms with Gasteiger partial charge >= 0.3 is 0 Å². The number of benzene rings is 1. The maximum Gasteiger partial charge on any atom is 0.130 e. The van der Waals surface area contributed by atoms with Gasteiger partial charge in [-0.05, 0) is 51.9 Å². The third-order valence-electron chi connectivity index (χ3n) is 3.92. The van der Waals surface area contributed by atoms with Crippen LogP contribution in [0.5, 0.6) is 0 Å². The molecule has 1 aliphatic rings. The highest BCUT2D eigenvalue weighted by molar-refractivity contribution is 5.22. The zero-order chi connectivity index (χ0) is 13.8. The Morgan fingerprint density at radius 2 is 1.74 bits per heavy atom. The Kier molecular flexibility index (Phi) is 4.88.